The Morgan fingerprint density at radius 3 is 2.90 bits per heavy atom. The zero-order chi connectivity index (χ0) is 15.1. The summed E-state index contributed by atoms with van der Waals surface area (Å²) in [6.45, 7) is 7.58. The van der Waals surface area contributed by atoms with Crippen molar-refractivity contribution in [2.75, 3.05) is 19.0 Å². The van der Waals surface area contributed by atoms with E-state index in [-0.39, 0.29) is 5.82 Å². The van der Waals surface area contributed by atoms with Gasteiger partial charge in [-0.2, -0.15) is 0 Å². The van der Waals surface area contributed by atoms with E-state index in [1.54, 1.807) is 36.0 Å². The van der Waals surface area contributed by atoms with Gasteiger partial charge in [0.15, 0.2) is 11.0 Å². The molecule has 1 aromatic heterocycles. The van der Waals surface area contributed by atoms with Crippen molar-refractivity contribution in [1.29, 1.82) is 0 Å². The first-order valence-electron chi connectivity index (χ1n) is 6.77. The van der Waals surface area contributed by atoms with Crippen molar-refractivity contribution in [2.45, 2.75) is 18.6 Å². The highest BCUT2D eigenvalue weighted by molar-refractivity contribution is 7.99. The maximum atomic E-state index is 13.9. The van der Waals surface area contributed by atoms with Gasteiger partial charge in [-0.15, -0.1) is 16.8 Å². The Morgan fingerprint density at radius 1 is 1.38 bits per heavy atom. The van der Waals surface area contributed by atoms with Crippen LogP contribution in [0.5, 0.6) is 0 Å². The zero-order valence-corrected chi connectivity index (χ0v) is 12.8. The lowest BCUT2D eigenvalue weighted by molar-refractivity contribution is 0.164. The normalized spacial score (nSPS) is 10.8. The average Bonchev–Trinajstić information content (AvgIpc) is 2.88. The van der Waals surface area contributed by atoms with E-state index < -0.39 is 0 Å². The first kappa shape index (κ1) is 15.7. The summed E-state index contributed by atoms with van der Waals surface area (Å²) in [6.07, 6.45) is 1.75. The standard InChI is InChI=1S/C15H18FN3OS/c1-3-9-19-14(12-7-5-6-8-13(12)16)17-18-15(19)21-11-10-20-4-2/h3,5-8H,1,4,9-11H2,2H3. The minimum absolute atomic E-state index is 0.305. The predicted molar refractivity (Wildman–Crippen MR) is 82.8 cm³/mol. The lowest BCUT2D eigenvalue weighted by atomic mass is 10.2. The van der Waals surface area contributed by atoms with E-state index in [4.69, 9.17) is 4.74 Å². The van der Waals surface area contributed by atoms with Gasteiger partial charge < -0.3 is 4.74 Å². The molecular formula is C15H18FN3OS. The van der Waals surface area contributed by atoms with E-state index in [1.165, 1.54) is 6.07 Å². The Hall–Kier alpha value is -1.66. The van der Waals surface area contributed by atoms with Crippen molar-refractivity contribution in [2.24, 2.45) is 0 Å². The van der Waals surface area contributed by atoms with Crippen molar-refractivity contribution < 1.29 is 9.13 Å². The summed E-state index contributed by atoms with van der Waals surface area (Å²) in [5.74, 6) is 0.994. The molecule has 0 fully saturated rings. The quantitative estimate of drug-likeness (QED) is 0.426. The van der Waals surface area contributed by atoms with Crippen LogP contribution in [0.15, 0.2) is 42.1 Å². The van der Waals surface area contributed by atoms with Crippen molar-refractivity contribution in [3.8, 4) is 11.4 Å². The molecule has 21 heavy (non-hydrogen) atoms. The number of halogens is 1. The third-order valence-electron chi connectivity index (χ3n) is 2.81. The van der Waals surface area contributed by atoms with E-state index in [0.717, 1.165) is 10.9 Å². The molecule has 0 saturated carbocycles. The Bertz CT molecular complexity index is 600. The van der Waals surface area contributed by atoms with Crippen molar-refractivity contribution in [1.82, 2.24) is 14.8 Å². The first-order valence-corrected chi connectivity index (χ1v) is 7.76. The maximum Gasteiger partial charge on any atom is 0.191 e. The molecule has 0 spiro atoms. The summed E-state index contributed by atoms with van der Waals surface area (Å²) in [5.41, 5.74) is 0.448. The van der Waals surface area contributed by atoms with Crippen LogP contribution < -0.4 is 0 Å². The molecule has 2 rings (SSSR count). The third kappa shape index (κ3) is 3.92. The van der Waals surface area contributed by atoms with Crippen LogP contribution in [0.2, 0.25) is 0 Å². The molecule has 4 nitrogen and oxygen atoms in total. The van der Waals surface area contributed by atoms with Crippen LogP contribution in [0.4, 0.5) is 4.39 Å². The fourth-order valence-electron chi connectivity index (χ4n) is 1.87. The molecule has 0 aliphatic carbocycles. The van der Waals surface area contributed by atoms with Crippen LogP contribution in [-0.2, 0) is 11.3 Å². The summed E-state index contributed by atoms with van der Waals surface area (Å²) in [5, 5.41) is 9.03. The Morgan fingerprint density at radius 2 is 2.19 bits per heavy atom. The van der Waals surface area contributed by atoms with Gasteiger partial charge in [0.1, 0.15) is 5.82 Å². The zero-order valence-electron chi connectivity index (χ0n) is 12.0. The van der Waals surface area contributed by atoms with Crippen LogP contribution in [0.1, 0.15) is 6.92 Å². The molecule has 6 heteroatoms. The Labute approximate surface area is 128 Å². The molecule has 0 N–H and O–H groups in total. The number of nitrogens with zero attached hydrogens (tertiary/aromatic N) is 3. The lowest BCUT2D eigenvalue weighted by Crippen LogP contribution is -2.03. The minimum Gasteiger partial charge on any atom is -0.381 e. The van der Waals surface area contributed by atoms with E-state index >= 15 is 0 Å². The summed E-state index contributed by atoms with van der Waals surface area (Å²) in [6, 6.07) is 6.57. The third-order valence-corrected chi connectivity index (χ3v) is 3.74. The molecule has 0 saturated heterocycles. The van der Waals surface area contributed by atoms with Crippen LogP contribution in [0.3, 0.4) is 0 Å². The lowest BCUT2D eigenvalue weighted by Gasteiger charge is -2.08. The molecule has 0 bridgehead atoms. The van der Waals surface area contributed by atoms with Gasteiger partial charge in [0.05, 0.1) is 12.2 Å². The molecule has 0 atom stereocenters. The van der Waals surface area contributed by atoms with Crippen molar-refractivity contribution in [3.63, 3.8) is 0 Å². The van der Waals surface area contributed by atoms with Crippen LogP contribution in [0.25, 0.3) is 11.4 Å². The Balaban J connectivity index is 2.24. The highest BCUT2D eigenvalue weighted by Gasteiger charge is 2.15. The second-order valence-electron chi connectivity index (χ2n) is 4.23. The fourth-order valence-corrected chi connectivity index (χ4v) is 2.67. The molecule has 112 valence electrons. The number of ether oxygens (including phenoxy) is 1. The monoisotopic (exact) mass is 307 g/mol. The van der Waals surface area contributed by atoms with Gasteiger partial charge in [-0.25, -0.2) is 4.39 Å². The molecule has 0 amide bonds. The highest BCUT2D eigenvalue weighted by atomic mass is 32.2. The predicted octanol–water partition coefficient (Wildman–Crippen LogP) is 3.40. The van der Waals surface area contributed by atoms with Crippen molar-refractivity contribution in [3.05, 3.63) is 42.7 Å². The van der Waals surface area contributed by atoms with E-state index in [1.807, 2.05) is 11.5 Å². The molecular weight excluding hydrogens is 289 g/mol. The van der Waals surface area contributed by atoms with Crippen LogP contribution in [-0.4, -0.2) is 33.7 Å². The summed E-state index contributed by atoms with van der Waals surface area (Å²) < 4.78 is 21.1. The SMILES string of the molecule is C=CCn1c(SCCOCC)nnc1-c1ccccc1F. The second kappa shape index (κ2) is 7.95. The van der Waals surface area contributed by atoms with Crippen molar-refractivity contribution >= 4 is 11.8 Å². The highest BCUT2D eigenvalue weighted by Crippen LogP contribution is 2.25. The molecule has 0 aliphatic rings. The number of hydrogen-bond donors (Lipinski definition) is 0. The topological polar surface area (TPSA) is 39.9 Å². The van der Waals surface area contributed by atoms with E-state index in [9.17, 15) is 4.39 Å². The van der Waals surface area contributed by atoms with Gasteiger partial charge in [0.2, 0.25) is 0 Å². The van der Waals surface area contributed by atoms with Gasteiger partial charge in [0, 0.05) is 18.9 Å². The van der Waals surface area contributed by atoms with Crippen LogP contribution >= 0.6 is 11.8 Å². The summed E-state index contributed by atoms with van der Waals surface area (Å²) in [4.78, 5) is 0. The van der Waals surface area contributed by atoms with Gasteiger partial charge in [-0.3, -0.25) is 4.57 Å². The number of hydrogen-bond acceptors (Lipinski definition) is 4. The molecule has 0 unspecified atom stereocenters. The molecule has 1 aromatic carbocycles. The van der Waals surface area contributed by atoms with Gasteiger partial charge in [-0.1, -0.05) is 30.0 Å². The molecule has 0 aliphatic heterocycles. The number of benzene rings is 1. The number of rotatable bonds is 8. The molecule has 2 aromatic rings. The first-order chi connectivity index (χ1) is 10.3. The largest absolute Gasteiger partial charge is 0.381 e. The minimum atomic E-state index is -0.305. The van der Waals surface area contributed by atoms with Crippen LogP contribution in [0, 0.1) is 5.82 Å². The fraction of sp³-hybridized carbons (Fsp3) is 0.333. The molecule has 0 radical (unpaired) electrons. The smallest absolute Gasteiger partial charge is 0.191 e. The number of thioether (sulfide) groups is 1. The Kier molecular flexibility index (Phi) is 5.95. The van der Waals surface area contributed by atoms with Gasteiger partial charge in [-0.05, 0) is 19.1 Å². The number of aromatic nitrogens is 3. The van der Waals surface area contributed by atoms with E-state index in [2.05, 4.69) is 16.8 Å². The van der Waals surface area contributed by atoms with Gasteiger partial charge >= 0.3 is 0 Å². The number of allylic oxidation sites excluding steroid dienone is 1. The molecule has 1 heterocycles. The second-order valence-corrected chi connectivity index (χ2v) is 5.29. The van der Waals surface area contributed by atoms with E-state index in [0.29, 0.717) is 31.1 Å². The average molecular weight is 307 g/mol. The summed E-state index contributed by atoms with van der Waals surface area (Å²) in [7, 11) is 0. The van der Waals surface area contributed by atoms with Gasteiger partial charge in [0.25, 0.3) is 0 Å². The summed E-state index contributed by atoms with van der Waals surface area (Å²) >= 11 is 1.54. The maximum absolute atomic E-state index is 13.9.